The maximum atomic E-state index is 6.43. The molecule has 0 atom stereocenters. The molecule has 0 unspecified atom stereocenters. The molecule has 0 aliphatic rings. The Kier molecular flexibility index (Phi) is 16.2. The van der Waals surface area contributed by atoms with Crippen molar-refractivity contribution >= 4 is 0 Å². The Morgan fingerprint density at radius 2 is 0.900 bits per heavy atom. The number of para-hydroxylation sites is 2. The number of hydrogen-bond donors (Lipinski definition) is 0. The van der Waals surface area contributed by atoms with Crippen molar-refractivity contribution < 1.29 is 35.7 Å². The molecule has 1 nitrogen and oxygen atoms in total. The summed E-state index contributed by atoms with van der Waals surface area (Å²) in [5, 5.41) is 0. The summed E-state index contributed by atoms with van der Waals surface area (Å²) in [4.78, 5) is 0. The zero-order chi connectivity index (χ0) is 20.6. The van der Waals surface area contributed by atoms with Gasteiger partial charge in [0.2, 0.25) is 0 Å². The number of benzene rings is 2. The first-order valence-corrected chi connectivity index (χ1v) is 12.2. The number of ether oxygens (including phenoxy) is 1. The Hall–Kier alpha value is -0.760. The molecular weight excluding hydrogens is 375 g/mol. The number of unbranched alkanes of at least 4 members (excludes halogenated alkanes) is 10. The second kappa shape index (κ2) is 17.9. The van der Waals surface area contributed by atoms with Crippen molar-refractivity contribution in [2.24, 2.45) is 0 Å². The fourth-order valence-electron chi connectivity index (χ4n) is 3.93. The summed E-state index contributed by atoms with van der Waals surface area (Å²) in [5.74, 6) is 2.08. The van der Waals surface area contributed by atoms with Crippen LogP contribution in [-0.2, 0) is 12.8 Å². The minimum Gasteiger partial charge on any atom is -1.00 e. The predicted molar refractivity (Wildman–Crippen MR) is 128 cm³/mol. The van der Waals surface area contributed by atoms with Crippen molar-refractivity contribution in [2.45, 2.75) is 104 Å². The second-order valence-corrected chi connectivity index (χ2v) is 8.35. The molecule has 0 heterocycles. The molecule has 2 heteroatoms. The standard InChI is InChI=1S/C28H42O.Na.H/c1-3-5-7-9-11-13-19-25-21-15-17-23-27(25)29-28-24-18-16-22-26(28)20-14-12-10-8-6-4-2;;/h15-18,21-24H,3-14,19-20H2,1-2H3;;/q;+1;-1. The van der Waals surface area contributed by atoms with Gasteiger partial charge < -0.3 is 6.16 Å². The van der Waals surface area contributed by atoms with E-state index in [1.807, 2.05) is 0 Å². The summed E-state index contributed by atoms with van der Waals surface area (Å²) in [6.07, 6.45) is 18.2. The van der Waals surface area contributed by atoms with Gasteiger partial charge in [0.25, 0.3) is 0 Å². The Labute approximate surface area is 209 Å². The van der Waals surface area contributed by atoms with Gasteiger partial charge in [-0.3, -0.25) is 0 Å². The van der Waals surface area contributed by atoms with Crippen molar-refractivity contribution in [1.29, 1.82) is 0 Å². The average Bonchev–Trinajstić information content (AvgIpc) is 2.75. The molecule has 0 aliphatic heterocycles. The van der Waals surface area contributed by atoms with Crippen LogP contribution in [0.5, 0.6) is 11.5 Å². The van der Waals surface area contributed by atoms with Crippen LogP contribution in [0.4, 0.5) is 0 Å². The van der Waals surface area contributed by atoms with Crippen molar-refractivity contribution in [1.82, 2.24) is 0 Å². The van der Waals surface area contributed by atoms with Gasteiger partial charge in [0.1, 0.15) is 11.5 Å². The maximum Gasteiger partial charge on any atom is 1.00 e. The minimum absolute atomic E-state index is 0. The molecule has 2 rings (SSSR count). The van der Waals surface area contributed by atoms with Crippen molar-refractivity contribution in [3.8, 4) is 11.5 Å². The van der Waals surface area contributed by atoms with Gasteiger partial charge >= 0.3 is 29.6 Å². The van der Waals surface area contributed by atoms with E-state index in [2.05, 4.69) is 62.4 Å². The topological polar surface area (TPSA) is 9.23 Å². The summed E-state index contributed by atoms with van der Waals surface area (Å²) in [6.45, 7) is 4.55. The van der Waals surface area contributed by atoms with Gasteiger partial charge in [-0.2, -0.15) is 0 Å². The first-order chi connectivity index (χ1) is 14.3. The molecule has 0 aromatic heterocycles. The normalized spacial score (nSPS) is 10.6. The SMILES string of the molecule is CCCCCCCCc1ccccc1Oc1ccccc1CCCCCCCC.[H-].[Na+]. The molecule has 2 aromatic rings. The monoisotopic (exact) mass is 418 g/mol. The molecule has 0 saturated heterocycles. The van der Waals surface area contributed by atoms with Gasteiger partial charge in [-0.15, -0.1) is 0 Å². The van der Waals surface area contributed by atoms with Crippen LogP contribution in [-0.4, -0.2) is 0 Å². The maximum absolute atomic E-state index is 6.43. The Bertz CT molecular complexity index is 616. The third kappa shape index (κ3) is 11.0. The molecule has 0 saturated carbocycles. The summed E-state index contributed by atoms with van der Waals surface area (Å²) >= 11 is 0. The molecule has 0 radical (unpaired) electrons. The molecule has 0 bridgehead atoms. The van der Waals surface area contributed by atoms with Crippen LogP contribution in [0.1, 0.15) is 103 Å². The third-order valence-corrected chi connectivity index (χ3v) is 5.76. The first-order valence-electron chi connectivity index (χ1n) is 12.2. The van der Waals surface area contributed by atoms with E-state index >= 15 is 0 Å². The summed E-state index contributed by atoms with van der Waals surface area (Å²) in [5.41, 5.74) is 2.69. The molecule has 162 valence electrons. The molecule has 0 N–H and O–H groups in total. The number of hydrogen-bond acceptors (Lipinski definition) is 1. The molecule has 0 amide bonds. The van der Waals surface area contributed by atoms with Crippen molar-refractivity contribution in [2.75, 3.05) is 0 Å². The third-order valence-electron chi connectivity index (χ3n) is 5.76. The molecule has 2 aromatic carbocycles. The summed E-state index contributed by atoms with van der Waals surface area (Å²) < 4.78 is 6.43. The fraction of sp³-hybridized carbons (Fsp3) is 0.571. The van der Waals surface area contributed by atoms with E-state index in [1.54, 1.807) is 0 Å². The summed E-state index contributed by atoms with van der Waals surface area (Å²) in [6, 6.07) is 17.2. The Morgan fingerprint density at radius 3 is 1.33 bits per heavy atom. The van der Waals surface area contributed by atoms with Gasteiger partial charge in [0.15, 0.2) is 0 Å². The van der Waals surface area contributed by atoms with Crippen molar-refractivity contribution in [3.63, 3.8) is 0 Å². The Balaban J connectivity index is 0.00000450. The van der Waals surface area contributed by atoms with E-state index in [9.17, 15) is 0 Å². The average molecular weight is 419 g/mol. The fourth-order valence-corrected chi connectivity index (χ4v) is 3.93. The van der Waals surface area contributed by atoms with E-state index < -0.39 is 0 Å². The predicted octanol–water partition coefficient (Wildman–Crippen LogP) is 6.40. The van der Waals surface area contributed by atoms with Gasteiger partial charge in [-0.05, 0) is 48.9 Å². The number of aryl methyl sites for hydroxylation is 2. The van der Waals surface area contributed by atoms with Crippen LogP contribution >= 0.6 is 0 Å². The summed E-state index contributed by atoms with van der Waals surface area (Å²) in [7, 11) is 0. The van der Waals surface area contributed by atoms with E-state index in [0.717, 1.165) is 24.3 Å². The van der Waals surface area contributed by atoms with Gasteiger partial charge in [-0.1, -0.05) is 114 Å². The molecule has 0 spiro atoms. The van der Waals surface area contributed by atoms with Crippen LogP contribution in [0.3, 0.4) is 0 Å². The molecule has 0 fully saturated rings. The van der Waals surface area contributed by atoms with Crippen LogP contribution in [0.25, 0.3) is 0 Å². The zero-order valence-corrected chi connectivity index (χ0v) is 21.9. The zero-order valence-electron chi connectivity index (χ0n) is 20.9. The number of rotatable bonds is 16. The smallest absolute Gasteiger partial charge is 1.00 e. The molecular formula is C28H43NaO. The van der Waals surface area contributed by atoms with Gasteiger partial charge in [0.05, 0.1) is 0 Å². The minimum atomic E-state index is 0. The van der Waals surface area contributed by atoms with E-state index in [0.29, 0.717) is 0 Å². The molecule has 30 heavy (non-hydrogen) atoms. The Morgan fingerprint density at radius 1 is 0.533 bits per heavy atom. The quantitative estimate of drug-likeness (QED) is 0.226. The van der Waals surface area contributed by atoms with E-state index in [-0.39, 0.29) is 31.0 Å². The van der Waals surface area contributed by atoms with Gasteiger partial charge in [0, 0.05) is 0 Å². The van der Waals surface area contributed by atoms with E-state index in [1.165, 1.54) is 88.2 Å². The molecule has 0 aliphatic carbocycles. The first kappa shape index (κ1) is 27.3. The van der Waals surface area contributed by atoms with Crippen molar-refractivity contribution in [3.05, 3.63) is 59.7 Å². The van der Waals surface area contributed by atoms with Crippen LogP contribution < -0.4 is 34.3 Å². The van der Waals surface area contributed by atoms with Crippen LogP contribution in [0.2, 0.25) is 0 Å². The van der Waals surface area contributed by atoms with Crippen LogP contribution in [0, 0.1) is 0 Å². The second-order valence-electron chi connectivity index (χ2n) is 8.35. The van der Waals surface area contributed by atoms with E-state index in [4.69, 9.17) is 4.74 Å². The van der Waals surface area contributed by atoms with Gasteiger partial charge in [-0.25, -0.2) is 0 Å². The largest absolute Gasteiger partial charge is 1.00 e. The van der Waals surface area contributed by atoms with Crippen LogP contribution in [0.15, 0.2) is 48.5 Å².